The number of fused-ring (bicyclic) bond motifs is 1. The van der Waals surface area contributed by atoms with Crippen molar-refractivity contribution in [1.82, 2.24) is 15.3 Å². The molecule has 2 aromatic rings. The van der Waals surface area contributed by atoms with Crippen LogP contribution in [-0.2, 0) is 6.42 Å². The Hall–Kier alpha value is -0.780. The van der Waals surface area contributed by atoms with E-state index in [0.717, 1.165) is 18.0 Å². The molecule has 1 atom stereocenters. The van der Waals surface area contributed by atoms with Crippen LogP contribution < -0.4 is 5.32 Å². The first-order valence-corrected chi connectivity index (χ1v) is 7.70. The minimum Gasteiger partial charge on any atom is -0.309 e. The number of hydrogen-bond donors (Lipinski definition) is 1. The van der Waals surface area contributed by atoms with Gasteiger partial charge in [0.25, 0.3) is 0 Å². The van der Waals surface area contributed by atoms with Crippen LogP contribution in [0.5, 0.6) is 0 Å². The van der Waals surface area contributed by atoms with Gasteiger partial charge >= 0.3 is 0 Å². The van der Waals surface area contributed by atoms with E-state index in [2.05, 4.69) is 17.2 Å². The van der Waals surface area contributed by atoms with E-state index in [1.54, 1.807) is 11.3 Å². The maximum atomic E-state index is 4.77. The Morgan fingerprint density at radius 3 is 3.24 bits per heavy atom. The second-order valence-electron chi connectivity index (χ2n) is 4.20. The van der Waals surface area contributed by atoms with E-state index in [4.69, 9.17) is 4.98 Å². The van der Waals surface area contributed by atoms with Gasteiger partial charge in [-0.3, -0.25) is 4.98 Å². The zero-order chi connectivity index (χ0) is 11.7. The van der Waals surface area contributed by atoms with Crippen molar-refractivity contribution >= 4 is 22.7 Å². The second kappa shape index (κ2) is 4.84. The maximum absolute atomic E-state index is 4.77. The van der Waals surface area contributed by atoms with Crippen molar-refractivity contribution in [2.75, 3.05) is 6.54 Å². The number of nitrogens with zero attached hydrogens (tertiary/aromatic N) is 2. The lowest BCUT2D eigenvalue weighted by molar-refractivity contribution is 0.476. The number of aromatic nitrogens is 2. The molecule has 0 saturated heterocycles. The summed E-state index contributed by atoms with van der Waals surface area (Å²) < 4.78 is 0. The zero-order valence-electron chi connectivity index (χ0n) is 9.77. The van der Waals surface area contributed by atoms with Crippen LogP contribution in [0, 0.1) is 0 Å². The standard InChI is InChI=1S/C12H15N3S2/c1-2-14-8-4-3-5-9-11(8)17-12(15-9)10-6-13-7-16-10/h6-8,14H,2-5H2,1H3. The Balaban J connectivity index is 1.96. The number of thiazole rings is 2. The van der Waals surface area contributed by atoms with Crippen molar-refractivity contribution in [3.8, 4) is 9.88 Å². The summed E-state index contributed by atoms with van der Waals surface area (Å²) in [5.74, 6) is 0. The van der Waals surface area contributed by atoms with Crippen molar-refractivity contribution in [1.29, 1.82) is 0 Å². The van der Waals surface area contributed by atoms with Gasteiger partial charge in [-0.2, -0.15) is 0 Å². The Morgan fingerprint density at radius 1 is 1.53 bits per heavy atom. The summed E-state index contributed by atoms with van der Waals surface area (Å²) in [6.07, 6.45) is 5.53. The van der Waals surface area contributed by atoms with Gasteiger partial charge < -0.3 is 5.32 Å². The van der Waals surface area contributed by atoms with Crippen LogP contribution >= 0.6 is 22.7 Å². The molecule has 5 heteroatoms. The SMILES string of the molecule is CCNC1CCCc2nc(-c3cncs3)sc21. The lowest BCUT2D eigenvalue weighted by atomic mass is 9.98. The number of nitrogens with one attached hydrogen (secondary N) is 1. The van der Waals surface area contributed by atoms with E-state index in [-0.39, 0.29) is 0 Å². The summed E-state index contributed by atoms with van der Waals surface area (Å²) >= 11 is 3.51. The topological polar surface area (TPSA) is 37.8 Å². The monoisotopic (exact) mass is 265 g/mol. The van der Waals surface area contributed by atoms with Gasteiger partial charge in [0.15, 0.2) is 0 Å². The highest BCUT2D eigenvalue weighted by atomic mass is 32.1. The molecule has 1 aliphatic carbocycles. The predicted molar refractivity (Wildman–Crippen MR) is 72.6 cm³/mol. The van der Waals surface area contributed by atoms with Crippen LogP contribution in [0.2, 0.25) is 0 Å². The van der Waals surface area contributed by atoms with Crippen LogP contribution in [0.1, 0.15) is 36.4 Å². The van der Waals surface area contributed by atoms with E-state index in [9.17, 15) is 0 Å². The largest absolute Gasteiger partial charge is 0.309 e. The molecule has 2 aromatic heterocycles. The quantitative estimate of drug-likeness (QED) is 0.925. The van der Waals surface area contributed by atoms with Crippen molar-refractivity contribution in [2.45, 2.75) is 32.2 Å². The van der Waals surface area contributed by atoms with Gasteiger partial charge in [0, 0.05) is 17.1 Å². The third-order valence-corrected chi connectivity index (χ3v) is 5.20. The average molecular weight is 265 g/mol. The minimum absolute atomic E-state index is 0.517. The van der Waals surface area contributed by atoms with Crippen LogP contribution in [0.15, 0.2) is 11.7 Å². The van der Waals surface area contributed by atoms with E-state index >= 15 is 0 Å². The first-order valence-electron chi connectivity index (χ1n) is 6.00. The Morgan fingerprint density at radius 2 is 2.47 bits per heavy atom. The summed E-state index contributed by atoms with van der Waals surface area (Å²) in [7, 11) is 0. The van der Waals surface area contributed by atoms with E-state index in [0.29, 0.717) is 6.04 Å². The van der Waals surface area contributed by atoms with Crippen molar-refractivity contribution in [3.63, 3.8) is 0 Å². The molecule has 0 radical (unpaired) electrons. The molecule has 3 nitrogen and oxygen atoms in total. The smallest absolute Gasteiger partial charge is 0.135 e. The first-order chi connectivity index (χ1) is 8.38. The molecule has 1 aliphatic rings. The minimum atomic E-state index is 0.517. The van der Waals surface area contributed by atoms with Crippen LogP contribution in [0.3, 0.4) is 0 Å². The third-order valence-electron chi connectivity index (χ3n) is 3.04. The zero-order valence-corrected chi connectivity index (χ0v) is 11.4. The fourth-order valence-corrected chi connectivity index (χ4v) is 4.19. The maximum Gasteiger partial charge on any atom is 0.135 e. The molecule has 0 amide bonds. The van der Waals surface area contributed by atoms with Crippen molar-refractivity contribution in [2.24, 2.45) is 0 Å². The molecule has 0 spiro atoms. The Labute approximate surface area is 109 Å². The lowest BCUT2D eigenvalue weighted by Crippen LogP contribution is -2.23. The van der Waals surface area contributed by atoms with Gasteiger partial charge in [-0.15, -0.1) is 22.7 Å². The molecule has 90 valence electrons. The van der Waals surface area contributed by atoms with Crippen molar-refractivity contribution in [3.05, 3.63) is 22.3 Å². The molecule has 1 unspecified atom stereocenters. The number of aryl methyl sites for hydroxylation is 1. The van der Waals surface area contributed by atoms with Gasteiger partial charge in [-0.05, 0) is 25.8 Å². The molecule has 3 rings (SSSR count). The van der Waals surface area contributed by atoms with Gasteiger partial charge in [0.05, 0.1) is 16.1 Å². The summed E-state index contributed by atoms with van der Waals surface area (Å²) in [4.78, 5) is 11.5. The Kier molecular flexibility index (Phi) is 3.22. The van der Waals surface area contributed by atoms with Crippen molar-refractivity contribution < 1.29 is 0 Å². The molecular formula is C12H15N3S2. The van der Waals surface area contributed by atoms with E-state index in [1.165, 1.54) is 28.3 Å². The Bertz CT molecular complexity index is 490. The van der Waals surface area contributed by atoms with E-state index in [1.807, 2.05) is 23.0 Å². The fourth-order valence-electron chi connectivity index (χ4n) is 2.29. The summed E-state index contributed by atoms with van der Waals surface area (Å²) in [5, 5.41) is 4.70. The molecular weight excluding hydrogens is 250 g/mol. The molecule has 0 aromatic carbocycles. The van der Waals surface area contributed by atoms with Crippen LogP contribution in [-0.4, -0.2) is 16.5 Å². The summed E-state index contributed by atoms with van der Waals surface area (Å²) in [6, 6.07) is 0.517. The summed E-state index contributed by atoms with van der Waals surface area (Å²) in [5.41, 5.74) is 3.17. The van der Waals surface area contributed by atoms with Gasteiger partial charge in [0.2, 0.25) is 0 Å². The molecule has 0 fully saturated rings. The molecule has 0 bridgehead atoms. The first kappa shape index (κ1) is 11.3. The fraction of sp³-hybridized carbons (Fsp3) is 0.500. The number of hydrogen-bond acceptors (Lipinski definition) is 5. The average Bonchev–Trinajstić information content (AvgIpc) is 2.98. The summed E-state index contributed by atoms with van der Waals surface area (Å²) in [6.45, 7) is 3.19. The molecule has 17 heavy (non-hydrogen) atoms. The molecule has 0 saturated carbocycles. The van der Waals surface area contributed by atoms with Crippen LogP contribution in [0.4, 0.5) is 0 Å². The second-order valence-corrected chi connectivity index (χ2v) is 6.12. The highest BCUT2D eigenvalue weighted by Gasteiger charge is 2.24. The normalized spacial score (nSPS) is 19.2. The van der Waals surface area contributed by atoms with E-state index < -0.39 is 0 Å². The predicted octanol–water partition coefficient (Wildman–Crippen LogP) is 3.25. The third kappa shape index (κ3) is 2.14. The van der Waals surface area contributed by atoms with Gasteiger partial charge in [-0.25, -0.2) is 4.98 Å². The molecule has 0 aliphatic heterocycles. The highest BCUT2D eigenvalue weighted by Crippen LogP contribution is 2.38. The highest BCUT2D eigenvalue weighted by molar-refractivity contribution is 7.20. The molecule has 1 N–H and O–H groups in total. The molecule has 2 heterocycles. The number of rotatable bonds is 3. The van der Waals surface area contributed by atoms with Crippen LogP contribution in [0.25, 0.3) is 9.88 Å². The van der Waals surface area contributed by atoms with Gasteiger partial charge in [-0.1, -0.05) is 6.92 Å². The van der Waals surface area contributed by atoms with Gasteiger partial charge in [0.1, 0.15) is 5.01 Å². The lowest BCUT2D eigenvalue weighted by Gasteiger charge is -2.21.